The highest BCUT2D eigenvalue weighted by Crippen LogP contribution is 2.26. The Morgan fingerprint density at radius 1 is 1.31 bits per heavy atom. The molecule has 0 aliphatic carbocycles. The summed E-state index contributed by atoms with van der Waals surface area (Å²) in [6.45, 7) is 3.18. The summed E-state index contributed by atoms with van der Waals surface area (Å²) in [4.78, 5) is 34.1. The first kappa shape index (κ1) is 18.6. The molecule has 26 heavy (non-hydrogen) atoms. The van der Waals surface area contributed by atoms with Crippen LogP contribution in [0.25, 0.3) is 0 Å². The van der Waals surface area contributed by atoms with Crippen molar-refractivity contribution < 1.29 is 18.0 Å². The van der Waals surface area contributed by atoms with Gasteiger partial charge in [0.1, 0.15) is 4.88 Å². The molecule has 0 bridgehead atoms. The molecule has 0 aromatic carbocycles. The minimum Gasteiger partial charge on any atom is -0.338 e. The smallest absolute Gasteiger partial charge is 0.338 e. The number of amides is 1. The van der Waals surface area contributed by atoms with Gasteiger partial charge in [-0.1, -0.05) is 0 Å². The summed E-state index contributed by atoms with van der Waals surface area (Å²) in [5.41, 5.74) is 0.453. The monoisotopic (exact) mass is 386 g/mol. The van der Waals surface area contributed by atoms with Crippen molar-refractivity contribution in [3.05, 3.63) is 44.5 Å². The van der Waals surface area contributed by atoms with Gasteiger partial charge in [-0.25, -0.2) is 9.97 Å². The highest BCUT2D eigenvalue weighted by Gasteiger charge is 2.33. The molecule has 1 fully saturated rings. The first-order valence-corrected chi connectivity index (χ1v) is 8.96. The number of hydrogen-bond donors (Lipinski definition) is 0. The molecule has 3 rings (SSSR count). The summed E-state index contributed by atoms with van der Waals surface area (Å²) in [5.74, 6) is 0.0645. The minimum atomic E-state index is -4.63. The number of carbonyl (C=O) groups excluding carboxylic acids is 1. The maximum atomic E-state index is 12.6. The van der Waals surface area contributed by atoms with Gasteiger partial charge in [0.2, 0.25) is 0 Å². The van der Waals surface area contributed by atoms with Gasteiger partial charge in [0.05, 0.1) is 17.5 Å². The van der Waals surface area contributed by atoms with Crippen LogP contribution >= 0.6 is 11.3 Å². The summed E-state index contributed by atoms with van der Waals surface area (Å²) < 4.78 is 38.9. The molecule has 0 unspecified atom stereocenters. The number of aromatic nitrogens is 3. The second-order valence-electron chi connectivity index (χ2n) is 6.26. The Balaban J connectivity index is 1.60. The maximum Gasteiger partial charge on any atom is 0.433 e. The van der Waals surface area contributed by atoms with Crippen molar-refractivity contribution in [1.82, 2.24) is 19.4 Å². The average Bonchev–Trinajstić information content (AvgIpc) is 3.02. The van der Waals surface area contributed by atoms with E-state index in [1.165, 1.54) is 15.9 Å². The molecular formula is C16H17F3N4O2S. The van der Waals surface area contributed by atoms with E-state index in [0.717, 1.165) is 6.33 Å². The lowest BCUT2D eigenvalue weighted by atomic mass is 9.96. The van der Waals surface area contributed by atoms with Crippen LogP contribution in [-0.4, -0.2) is 38.4 Å². The van der Waals surface area contributed by atoms with E-state index in [9.17, 15) is 22.8 Å². The Bertz CT molecular complexity index is 854. The van der Waals surface area contributed by atoms with Gasteiger partial charge in [-0.2, -0.15) is 13.2 Å². The van der Waals surface area contributed by atoms with Crippen LogP contribution in [0, 0.1) is 12.8 Å². The molecule has 6 nitrogen and oxygen atoms in total. The second kappa shape index (κ2) is 7.18. The van der Waals surface area contributed by atoms with E-state index in [4.69, 9.17) is 0 Å². The topological polar surface area (TPSA) is 68.1 Å². The van der Waals surface area contributed by atoms with Gasteiger partial charge in [-0.3, -0.25) is 14.2 Å². The van der Waals surface area contributed by atoms with Crippen LogP contribution in [0.4, 0.5) is 13.2 Å². The zero-order valence-electron chi connectivity index (χ0n) is 14.0. The van der Waals surface area contributed by atoms with E-state index in [0.29, 0.717) is 49.1 Å². The van der Waals surface area contributed by atoms with Crippen LogP contribution < -0.4 is 5.56 Å². The Hall–Kier alpha value is -2.23. The predicted octanol–water partition coefficient (Wildman–Crippen LogP) is 2.58. The van der Waals surface area contributed by atoms with Crippen molar-refractivity contribution in [3.8, 4) is 0 Å². The molecule has 10 heteroatoms. The van der Waals surface area contributed by atoms with Crippen LogP contribution in [0.1, 0.15) is 33.9 Å². The summed E-state index contributed by atoms with van der Waals surface area (Å²) in [7, 11) is 0. The zero-order chi connectivity index (χ0) is 18.9. The van der Waals surface area contributed by atoms with Crippen molar-refractivity contribution in [2.45, 2.75) is 32.5 Å². The van der Waals surface area contributed by atoms with Gasteiger partial charge in [0.25, 0.3) is 11.5 Å². The fraction of sp³-hybridized carbons (Fsp3) is 0.500. The number of likely N-dealkylation sites (tertiary alicyclic amines) is 1. The Kier molecular flexibility index (Phi) is 5.12. The highest BCUT2D eigenvalue weighted by atomic mass is 32.1. The summed E-state index contributed by atoms with van der Waals surface area (Å²) in [5, 5.41) is 0. The largest absolute Gasteiger partial charge is 0.433 e. The summed E-state index contributed by atoms with van der Waals surface area (Å²) in [6.07, 6.45) is -2.32. The fourth-order valence-electron chi connectivity index (χ4n) is 2.97. The van der Waals surface area contributed by atoms with Gasteiger partial charge >= 0.3 is 6.18 Å². The quantitative estimate of drug-likeness (QED) is 0.813. The molecule has 1 aliphatic rings. The third-order valence-corrected chi connectivity index (χ3v) is 5.38. The molecule has 0 saturated carbocycles. The lowest BCUT2D eigenvalue weighted by Crippen LogP contribution is -2.40. The van der Waals surface area contributed by atoms with E-state index >= 15 is 0 Å². The predicted molar refractivity (Wildman–Crippen MR) is 89.0 cm³/mol. The molecule has 1 amide bonds. The summed E-state index contributed by atoms with van der Waals surface area (Å²) >= 11 is 1.31. The second-order valence-corrected chi connectivity index (χ2v) is 7.12. The first-order valence-electron chi connectivity index (χ1n) is 8.08. The number of hydrogen-bond acceptors (Lipinski definition) is 5. The van der Waals surface area contributed by atoms with Crippen molar-refractivity contribution >= 4 is 17.2 Å². The molecule has 2 aromatic heterocycles. The van der Waals surface area contributed by atoms with E-state index in [1.54, 1.807) is 17.3 Å². The number of thiazole rings is 1. The minimum absolute atomic E-state index is 0.0446. The van der Waals surface area contributed by atoms with Gasteiger partial charge in [0, 0.05) is 25.7 Å². The molecule has 0 spiro atoms. The SMILES string of the molecule is Cc1ncsc1C(=O)N1CCC(Cn2cnc(C(F)(F)F)cc2=O)CC1. The number of rotatable bonds is 3. The van der Waals surface area contributed by atoms with E-state index in [-0.39, 0.29) is 11.8 Å². The van der Waals surface area contributed by atoms with E-state index < -0.39 is 17.4 Å². The number of nitrogens with zero attached hydrogens (tertiary/aromatic N) is 4. The molecular weight excluding hydrogens is 369 g/mol. The number of aryl methyl sites for hydroxylation is 1. The van der Waals surface area contributed by atoms with Gasteiger partial charge < -0.3 is 4.90 Å². The van der Waals surface area contributed by atoms with E-state index in [1.807, 2.05) is 0 Å². The van der Waals surface area contributed by atoms with Gasteiger partial charge in [-0.15, -0.1) is 11.3 Å². The third kappa shape index (κ3) is 3.95. The van der Waals surface area contributed by atoms with Crippen LogP contribution in [0.5, 0.6) is 0 Å². The number of carbonyl (C=O) groups is 1. The van der Waals surface area contributed by atoms with Crippen molar-refractivity contribution in [3.63, 3.8) is 0 Å². The fourth-order valence-corrected chi connectivity index (χ4v) is 3.74. The van der Waals surface area contributed by atoms with Crippen molar-refractivity contribution in [2.75, 3.05) is 13.1 Å². The Morgan fingerprint density at radius 2 is 2.00 bits per heavy atom. The molecule has 1 saturated heterocycles. The zero-order valence-corrected chi connectivity index (χ0v) is 14.8. The lowest BCUT2D eigenvalue weighted by Gasteiger charge is -2.32. The van der Waals surface area contributed by atoms with Gasteiger partial charge in [0.15, 0.2) is 5.69 Å². The number of piperidine rings is 1. The maximum absolute atomic E-state index is 12.6. The van der Waals surface area contributed by atoms with Crippen LogP contribution in [0.2, 0.25) is 0 Å². The molecule has 2 aromatic rings. The highest BCUT2D eigenvalue weighted by molar-refractivity contribution is 7.11. The molecule has 0 radical (unpaired) electrons. The average molecular weight is 386 g/mol. The third-order valence-electron chi connectivity index (χ3n) is 4.47. The standard InChI is InChI=1S/C16H17F3N4O2S/c1-10-14(26-9-21-10)15(25)22-4-2-11(3-5-22)7-23-8-20-12(6-13(23)24)16(17,18)19/h6,8-9,11H,2-5,7H2,1H3. The molecule has 0 N–H and O–H groups in total. The molecule has 3 heterocycles. The first-order chi connectivity index (χ1) is 12.3. The van der Waals surface area contributed by atoms with E-state index in [2.05, 4.69) is 9.97 Å². The molecule has 0 atom stereocenters. The van der Waals surface area contributed by atoms with Gasteiger partial charge in [-0.05, 0) is 25.7 Å². The van der Waals surface area contributed by atoms with Crippen LogP contribution in [0.15, 0.2) is 22.7 Å². The molecule has 140 valence electrons. The van der Waals surface area contributed by atoms with Crippen molar-refractivity contribution in [2.24, 2.45) is 5.92 Å². The van der Waals surface area contributed by atoms with Crippen LogP contribution in [0.3, 0.4) is 0 Å². The summed E-state index contributed by atoms with van der Waals surface area (Å²) in [6, 6.07) is 0.519. The Labute approximate surface area is 151 Å². The Morgan fingerprint density at radius 3 is 2.54 bits per heavy atom. The lowest BCUT2D eigenvalue weighted by molar-refractivity contribution is -0.141. The number of halogens is 3. The van der Waals surface area contributed by atoms with Crippen molar-refractivity contribution in [1.29, 1.82) is 0 Å². The van der Waals surface area contributed by atoms with Crippen LogP contribution in [-0.2, 0) is 12.7 Å². The molecule has 1 aliphatic heterocycles. The number of alkyl halides is 3. The normalized spacial score (nSPS) is 16.1.